The van der Waals surface area contributed by atoms with Crippen molar-refractivity contribution in [1.29, 1.82) is 0 Å². The first-order chi connectivity index (χ1) is 11.7. The SMILES string of the molecule is CC(C)(C)OC(=O)N1CCC(O)C(Nc2nc(Cl)nc3[nH]ccc23)C1. The van der Waals surface area contributed by atoms with Gasteiger partial charge in [-0.05, 0) is 44.9 Å². The van der Waals surface area contributed by atoms with Crippen molar-refractivity contribution in [1.82, 2.24) is 19.9 Å². The maximum atomic E-state index is 12.3. The van der Waals surface area contributed by atoms with Crippen molar-refractivity contribution in [2.45, 2.75) is 44.9 Å². The Morgan fingerprint density at radius 2 is 2.24 bits per heavy atom. The molecular weight excluding hydrogens is 346 g/mol. The molecule has 8 nitrogen and oxygen atoms in total. The highest BCUT2D eigenvalue weighted by atomic mass is 35.5. The van der Waals surface area contributed by atoms with E-state index in [1.54, 1.807) is 11.1 Å². The molecule has 0 saturated carbocycles. The van der Waals surface area contributed by atoms with E-state index in [0.717, 1.165) is 5.39 Å². The lowest BCUT2D eigenvalue weighted by molar-refractivity contribution is 0.00693. The van der Waals surface area contributed by atoms with Gasteiger partial charge in [0.2, 0.25) is 5.28 Å². The number of hydrogen-bond donors (Lipinski definition) is 3. The average Bonchev–Trinajstić information content (AvgIpc) is 2.95. The number of halogens is 1. The Morgan fingerprint density at radius 3 is 2.96 bits per heavy atom. The number of nitrogens with zero attached hydrogens (tertiary/aromatic N) is 3. The van der Waals surface area contributed by atoms with Crippen LogP contribution in [0.15, 0.2) is 12.3 Å². The van der Waals surface area contributed by atoms with Crippen molar-refractivity contribution in [2.24, 2.45) is 0 Å². The van der Waals surface area contributed by atoms with Gasteiger partial charge in [-0.1, -0.05) is 0 Å². The van der Waals surface area contributed by atoms with Crippen LogP contribution in [0.5, 0.6) is 0 Å². The van der Waals surface area contributed by atoms with E-state index in [9.17, 15) is 9.90 Å². The second-order valence-electron chi connectivity index (χ2n) is 7.11. The zero-order valence-corrected chi connectivity index (χ0v) is 15.2. The minimum absolute atomic E-state index is 0.103. The minimum atomic E-state index is -0.610. The number of carbonyl (C=O) groups is 1. The average molecular weight is 368 g/mol. The Labute approximate surface area is 150 Å². The monoisotopic (exact) mass is 367 g/mol. The summed E-state index contributed by atoms with van der Waals surface area (Å²) >= 11 is 5.96. The van der Waals surface area contributed by atoms with E-state index in [1.165, 1.54) is 0 Å². The zero-order chi connectivity index (χ0) is 18.2. The van der Waals surface area contributed by atoms with Crippen LogP contribution in [0.3, 0.4) is 0 Å². The highest BCUT2D eigenvalue weighted by Gasteiger charge is 2.33. The van der Waals surface area contributed by atoms with Crippen LogP contribution in [0, 0.1) is 0 Å². The van der Waals surface area contributed by atoms with Crippen LogP contribution in [-0.2, 0) is 4.74 Å². The van der Waals surface area contributed by atoms with Gasteiger partial charge in [-0.15, -0.1) is 0 Å². The zero-order valence-electron chi connectivity index (χ0n) is 14.4. The lowest BCUT2D eigenvalue weighted by atomic mass is 10.0. The maximum Gasteiger partial charge on any atom is 0.410 e. The molecular formula is C16H22ClN5O3. The number of aromatic amines is 1. The Balaban J connectivity index is 1.76. The quantitative estimate of drug-likeness (QED) is 0.704. The van der Waals surface area contributed by atoms with E-state index in [-0.39, 0.29) is 11.3 Å². The van der Waals surface area contributed by atoms with Crippen molar-refractivity contribution in [3.05, 3.63) is 17.5 Å². The fourth-order valence-electron chi connectivity index (χ4n) is 2.77. The number of rotatable bonds is 2. The second kappa shape index (κ2) is 6.68. The second-order valence-corrected chi connectivity index (χ2v) is 7.45. The summed E-state index contributed by atoms with van der Waals surface area (Å²) < 4.78 is 5.41. The number of aliphatic hydroxyl groups excluding tert-OH is 1. The molecule has 0 spiro atoms. The number of carbonyl (C=O) groups excluding carboxylic acids is 1. The molecule has 2 aromatic rings. The van der Waals surface area contributed by atoms with Gasteiger partial charge < -0.3 is 25.0 Å². The predicted molar refractivity (Wildman–Crippen MR) is 94.7 cm³/mol. The normalized spacial score (nSPS) is 21.4. The van der Waals surface area contributed by atoms with Gasteiger partial charge >= 0.3 is 6.09 Å². The van der Waals surface area contributed by atoms with Gasteiger partial charge in [0.15, 0.2) is 0 Å². The molecule has 1 amide bonds. The van der Waals surface area contributed by atoms with E-state index in [2.05, 4.69) is 20.3 Å². The summed E-state index contributed by atoms with van der Waals surface area (Å²) in [6, 6.07) is 1.44. The standard InChI is InChI=1S/C16H22ClN5O3/c1-16(2,3)25-15(24)22-7-5-11(23)10(8-22)19-13-9-4-6-18-12(9)20-14(17)21-13/h4,6,10-11,23H,5,7-8H2,1-3H3,(H2,18,19,20,21). The van der Waals surface area contributed by atoms with E-state index in [4.69, 9.17) is 16.3 Å². The van der Waals surface area contributed by atoms with Gasteiger partial charge in [0, 0.05) is 19.3 Å². The Morgan fingerprint density at radius 1 is 1.48 bits per heavy atom. The largest absolute Gasteiger partial charge is 0.444 e. The van der Waals surface area contributed by atoms with Crippen LogP contribution in [0.1, 0.15) is 27.2 Å². The number of H-pyrrole nitrogens is 1. The summed E-state index contributed by atoms with van der Waals surface area (Å²) in [5.74, 6) is 0.520. The van der Waals surface area contributed by atoms with Crippen LogP contribution >= 0.6 is 11.6 Å². The molecule has 0 aromatic carbocycles. The van der Waals surface area contributed by atoms with Crippen molar-refractivity contribution in [2.75, 3.05) is 18.4 Å². The predicted octanol–water partition coefficient (Wildman–Crippen LogP) is 2.39. The topological polar surface area (TPSA) is 103 Å². The summed E-state index contributed by atoms with van der Waals surface area (Å²) in [6.07, 6.45) is 1.19. The van der Waals surface area contributed by atoms with Gasteiger partial charge in [0.1, 0.15) is 17.1 Å². The number of ether oxygens (including phenoxy) is 1. The highest BCUT2D eigenvalue weighted by molar-refractivity contribution is 6.28. The van der Waals surface area contributed by atoms with E-state index in [1.807, 2.05) is 26.8 Å². The number of amides is 1. The molecule has 0 bridgehead atoms. The van der Waals surface area contributed by atoms with Gasteiger partial charge in [0.25, 0.3) is 0 Å². The number of piperidine rings is 1. The fourth-order valence-corrected chi connectivity index (χ4v) is 2.94. The molecule has 3 N–H and O–H groups in total. The number of aromatic nitrogens is 3. The molecule has 0 aliphatic carbocycles. The molecule has 1 aliphatic rings. The Bertz CT molecular complexity index is 773. The smallest absolute Gasteiger partial charge is 0.410 e. The molecule has 25 heavy (non-hydrogen) atoms. The van der Waals surface area contributed by atoms with Crippen LogP contribution in [0.25, 0.3) is 11.0 Å². The number of fused-ring (bicyclic) bond motifs is 1. The van der Waals surface area contributed by atoms with Crippen LogP contribution in [-0.4, -0.2) is 61.9 Å². The van der Waals surface area contributed by atoms with Gasteiger partial charge in [0.05, 0.1) is 17.5 Å². The number of hydrogen-bond acceptors (Lipinski definition) is 6. The summed E-state index contributed by atoms with van der Waals surface area (Å²) in [5, 5.41) is 14.4. The molecule has 136 valence electrons. The third kappa shape index (κ3) is 4.13. The van der Waals surface area contributed by atoms with Gasteiger partial charge in [-0.3, -0.25) is 0 Å². The third-order valence-corrected chi connectivity index (χ3v) is 4.11. The van der Waals surface area contributed by atoms with Crippen LogP contribution in [0.2, 0.25) is 5.28 Å². The number of anilines is 1. The number of likely N-dealkylation sites (tertiary alicyclic amines) is 1. The van der Waals surface area contributed by atoms with E-state index < -0.39 is 17.8 Å². The molecule has 3 rings (SSSR count). The van der Waals surface area contributed by atoms with Crippen molar-refractivity contribution in [3.63, 3.8) is 0 Å². The summed E-state index contributed by atoms with van der Waals surface area (Å²) in [6.45, 7) is 6.23. The third-order valence-electron chi connectivity index (χ3n) is 3.94. The van der Waals surface area contributed by atoms with Gasteiger partial charge in [-0.2, -0.15) is 4.98 Å². The summed E-state index contributed by atoms with van der Waals surface area (Å²) in [7, 11) is 0. The lowest BCUT2D eigenvalue weighted by Crippen LogP contribution is -2.53. The molecule has 1 fully saturated rings. The summed E-state index contributed by atoms with van der Waals surface area (Å²) in [4.78, 5) is 25.2. The van der Waals surface area contributed by atoms with E-state index in [0.29, 0.717) is 31.0 Å². The first kappa shape index (κ1) is 17.8. The molecule has 2 aromatic heterocycles. The van der Waals surface area contributed by atoms with Crippen molar-refractivity contribution >= 4 is 34.5 Å². The molecule has 0 radical (unpaired) electrons. The molecule has 3 heterocycles. The van der Waals surface area contributed by atoms with E-state index >= 15 is 0 Å². The molecule has 1 aliphatic heterocycles. The highest BCUT2D eigenvalue weighted by Crippen LogP contribution is 2.24. The first-order valence-corrected chi connectivity index (χ1v) is 8.54. The van der Waals surface area contributed by atoms with Crippen LogP contribution < -0.4 is 5.32 Å². The molecule has 9 heteroatoms. The van der Waals surface area contributed by atoms with Crippen molar-refractivity contribution < 1.29 is 14.6 Å². The molecule has 2 unspecified atom stereocenters. The van der Waals surface area contributed by atoms with Crippen LogP contribution in [0.4, 0.5) is 10.6 Å². The fraction of sp³-hybridized carbons (Fsp3) is 0.562. The maximum absolute atomic E-state index is 12.3. The summed E-state index contributed by atoms with van der Waals surface area (Å²) in [5.41, 5.74) is 0.0462. The Kier molecular flexibility index (Phi) is 4.75. The number of nitrogens with one attached hydrogen (secondary N) is 2. The first-order valence-electron chi connectivity index (χ1n) is 8.16. The lowest BCUT2D eigenvalue weighted by Gasteiger charge is -2.37. The number of aliphatic hydroxyl groups is 1. The Hall–Kier alpha value is -2.06. The minimum Gasteiger partial charge on any atom is -0.444 e. The molecule has 2 atom stereocenters. The van der Waals surface area contributed by atoms with Gasteiger partial charge in [-0.25, -0.2) is 9.78 Å². The molecule has 1 saturated heterocycles. The van der Waals surface area contributed by atoms with Crippen molar-refractivity contribution in [3.8, 4) is 0 Å².